The predicted molar refractivity (Wildman–Crippen MR) is 330 cm³/mol. The molecular formula is C60H61N12O4S4. The van der Waals surface area contributed by atoms with Crippen molar-refractivity contribution in [2.24, 2.45) is 31.8 Å². The van der Waals surface area contributed by atoms with Crippen LogP contribution in [0.2, 0.25) is 0 Å². The summed E-state index contributed by atoms with van der Waals surface area (Å²) in [4.78, 5) is 100. The van der Waals surface area contributed by atoms with Crippen molar-refractivity contribution in [3.63, 3.8) is 0 Å². The van der Waals surface area contributed by atoms with E-state index in [9.17, 15) is 19.2 Å². The predicted octanol–water partition coefficient (Wildman–Crippen LogP) is 11.3. The van der Waals surface area contributed by atoms with Gasteiger partial charge in [0.15, 0.2) is 10.3 Å². The minimum Gasteiger partial charge on any atom is -0.291 e. The fraction of sp³-hybridized carbons (Fsp3) is 0.250. The smallest absolute Gasteiger partial charge is 0.278 e. The molecule has 4 aliphatic heterocycles. The molecule has 0 bridgehead atoms. The molecule has 16 nitrogen and oxygen atoms in total. The average molecular weight is 1140 g/mol. The topological polar surface area (TPSA) is 182 Å². The van der Waals surface area contributed by atoms with E-state index in [-0.39, 0.29) is 89.7 Å². The van der Waals surface area contributed by atoms with Crippen LogP contribution in [-0.4, -0.2) is 122 Å². The molecule has 4 aromatic heterocycles. The lowest BCUT2D eigenvalue weighted by molar-refractivity contribution is -0.123. The number of hydrogen-bond acceptors (Lipinski definition) is 16. The third-order valence-corrected chi connectivity index (χ3v) is 17.9. The molecule has 3 unspecified atom stereocenters. The van der Waals surface area contributed by atoms with Gasteiger partial charge in [-0.2, -0.15) is 0 Å². The monoisotopic (exact) mass is 1140 g/mol. The molecule has 8 heterocycles. The zero-order chi connectivity index (χ0) is 56.2. The van der Waals surface area contributed by atoms with E-state index < -0.39 is 0 Å². The maximum Gasteiger partial charge on any atom is 0.278 e. The van der Waals surface area contributed by atoms with E-state index in [1.807, 2.05) is 72.8 Å². The molecule has 0 spiro atoms. The average Bonchev–Trinajstić information content (AvgIpc) is 4.20. The molecule has 8 rings (SSSR count). The van der Waals surface area contributed by atoms with Crippen LogP contribution in [0.3, 0.4) is 0 Å². The lowest BCUT2D eigenvalue weighted by Crippen LogP contribution is -2.40. The number of hydrogen-bond donors (Lipinski definition) is 0. The molecule has 0 aromatic carbocycles. The lowest BCUT2D eigenvalue weighted by atomic mass is 9.92. The number of amides is 4. The van der Waals surface area contributed by atoms with Gasteiger partial charge in [0.05, 0.1) is 22.8 Å². The van der Waals surface area contributed by atoms with Crippen LogP contribution in [0.4, 0.5) is 0 Å². The van der Waals surface area contributed by atoms with E-state index >= 15 is 0 Å². The van der Waals surface area contributed by atoms with E-state index in [0.717, 1.165) is 19.3 Å². The summed E-state index contributed by atoms with van der Waals surface area (Å²) in [5, 5.41) is 0.875. The third kappa shape index (κ3) is 15.0. The normalized spacial score (nSPS) is 18.6. The standard InChI is InChI=1S/C60H61N12O4S4/c1-6-11-27-47(54-66-49(56(74)70(54)34-8-3)38-44-24-15-19-30-62-44)52(78-80-60-68-51(58(76)72(60)36-10-5)40-46-26-17-21-32-64-46)28-13-12-22-42(53-65-48(55(73)69(53)33-7-2)37-43-23-14-18-29-61-43)41-77-79-59-67-50(57(75)71(59)35-9-4)39-45-25-16-20-31-63-45/h7-10,14-21,23-26,29-32,37-40,42,47,52H,1-6,11-13,22,27-28,33-36,41H2/b48-37?,49-38-,50-39?,51-40-. The fourth-order valence-corrected chi connectivity index (χ4v) is 14.4. The van der Waals surface area contributed by atoms with Crippen molar-refractivity contribution in [2.75, 3.05) is 31.9 Å². The van der Waals surface area contributed by atoms with Crippen LogP contribution >= 0.6 is 43.2 Å². The van der Waals surface area contributed by atoms with E-state index in [0.29, 0.717) is 76.2 Å². The second-order valence-corrected chi connectivity index (χ2v) is 23.1. The zero-order valence-electron chi connectivity index (χ0n) is 44.2. The Labute approximate surface area is 483 Å². The van der Waals surface area contributed by atoms with Gasteiger partial charge in [-0.05, 0) is 114 Å². The Hall–Kier alpha value is -7.52. The molecule has 1 radical (unpaired) electrons. The van der Waals surface area contributed by atoms with Crippen molar-refractivity contribution in [1.82, 2.24) is 39.5 Å². The Bertz CT molecular complexity index is 3180. The van der Waals surface area contributed by atoms with Crippen molar-refractivity contribution < 1.29 is 19.2 Å². The number of aromatic nitrogens is 4. The second kappa shape index (κ2) is 29.6. The highest BCUT2D eigenvalue weighted by molar-refractivity contribution is 8.82. The maximum atomic E-state index is 14.3. The molecule has 3 atom stereocenters. The van der Waals surface area contributed by atoms with Crippen LogP contribution < -0.4 is 0 Å². The molecule has 4 amide bonds. The highest BCUT2D eigenvalue weighted by Gasteiger charge is 2.40. The van der Waals surface area contributed by atoms with Gasteiger partial charge in [-0.15, -0.1) is 26.3 Å². The largest absolute Gasteiger partial charge is 0.291 e. The quantitative estimate of drug-likeness (QED) is 0.0227. The molecule has 4 aliphatic rings. The molecule has 0 fully saturated rings. The van der Waals surface area contributed by atoms with E-state index in [1.165, 1.54) is 32.4 Å². The van der Waals surface area contributed by atoms with E-state index in [1.54, 1.807) is 104 Å². The highest BCUT2D eigenvalue weighted by atomic mass is 33.1. The summed E-state index contributed by atoms with van der Waals surface area (Å²) >= 11 is 0. The van der Waals surface area contributed by atoms with Gasteiger partial charge in [0.25, 0.3) is 23.6 Å². The number of unbranched alkanes of at least 4 members (excludes halogenated alkanes) is 2. The summed E-state index contributed by atoms with van der Waals surface area (Å²) in [6.45, 7) is 21.1. The number of amidine groups is 4. The third-order valence-electron chi connectivity index (χ3n) is 12.8. The van der Waals surface area contributed by atoms with E-state index in [2.05, 4.69) is 53.2 Å². The number of nitrogens with zero attached hydrogens (tertiary/aromatic N) is 12. The number of carbonyl (C=O) groups is 4. The molecule has 0 saturated carbocycles. The molecule has 409 valence electrons. The highest BCUT2D eigenvalue weighted by Crippen LogP contribution is 2.43. The molecule has 0 N–H and O–H groups in total. The van der Waals surface area contributed by atoms with Crippen molar-refractivity contribution >= 4 is 113 Å². The molecule has 80 heavy (non-hydrogen) atoms. The van der Waals surface area contributed by atoms with Crippen LogP contribution in [-0.2, 0) is 19.2 Å². The fourth-order valence-electron chi connectivity index (χ4n) is 8.97. The molecule has 0 saturated heterocycles. The Kier molecular flexibility index (Phi) is 21.7. The zero-order valence-corrected chi connectivity index (χ0v) is 47.5. The van der Waals surface area contributed by atoms with Gasteiger partial charge < -0.3 is 0 Å². The van der Waals surface area contributed by atoms with Gasteiger partial charge in [-0.1, -0.05) is 103 Å². The first kappa shape index (κ1) is 58.6. The molecular weight excluding hydrogens is 1080 g/mol. The SMILES string of the molecule is [CH2]CCCC(C1=N/C(=C\c2ccccn2)C(=O)N1CC=C)C(CCCCC(CSSC1=NC(=Cc2ccccn2)C(=O)N1CC=C)C1=NC(=Cc2ccccn2)C(=O)N1CC=C)SSC1=N/C(=C\c2ccccn2)C(=O)N1CC=C. The summed E-state index contributed by atoms with van der Waals surface area (Å²) in [5.41, 5.74) is 3.56. The van der Waals surface area contributed by atoms with Gasteiger partial charge in [0.2, 0.25) is 0 Å². The Morgan fingerprint density at radius 1 is 0.463 bits per heavy atom. The second-order valence-electron chi connectivity index (χ2n) is 18.4. The molecule has 4 aromatic rings. The van der Waals surface area contributed by atoms with Gasteiger partial charge in [0.1, 0.15) is 34.5 Å². The van der Waals surface area contributed by atoms with Crippen molar-refractivity contribution in [3.8, 4) is 0 Å². The van der Waals surface area contributed by atoms with Gasteiger partial charge in [0, 0.05) is 73.8 Å². The van der Waals surface area contributed by atoms with Crippen LogP contribution in [0.25, 0.3) is 24.3 Å². The summed E-state index contributed by atoms with van der Waals surface area (Å²) in [5.74, 6) is 0.312. The summed E-state index contributed by atoms with van der Waals surface area (Å²) in [6, 6.07) is 22.0. The van der Waals surface area contributed by atoms with E-state index in [4.69, 9.17) is 20.0 Å². The Morgan fingerprint density at radius 2 is 0.863 bits per heavy atom. The first-order chi connectivity index (χ1) is 39.1. The Morgan fingerprint density at radius 3 is 1.30 bits per heavy atom. The van der Waals surface area contributed by atoms with Crippen LogP contribution in [0, 0.1) is 18.8 Å². The first-order valence-electron chi connectivity index (χ1n) is 26.1. The number of aliphatic imine (C=N–C) groups is 4. The van der Waals surface area contributed by atoms with Crippen molar-refractivity contribution in [3.05, 3.63) is 201 Å². The minimum atomic E-state index is -0.253. The van der Waals surface area contributed by atoms with Gasteiger partial charge in [-0.25, -0.2) is 20.0 Å². The van der Waals surface area contributed by atoms with Crippen LogP contribution in [0.1, 0.15) is 67.7 Å². The van der Waals surface area contributed by atoms with Crippen LogP contribution in [0.5, 0.6) is 0 Å². The first-order valence-corrected chi connectivity index (χ1v) is 30.7. The molecule has 0 aliphatic carbocycles. The van der Waals surface area contributed by atoms with Crippen molar-refractivity contribution in [1.29, 1.82) is 0 Å². The summed E-state index contributed by atoms with van der Waals surface area (Å²) in [7, 11) is 5.94. The minimum absolute atomic E-state index is 0.159. The lowest BCUT2D eigenvalue weighted by Gasteiger charge is -2.31. The maximum absolute atomic E-state index is 14.3. The summed E-state index contributed by atoms with van der Waals surface area (Å²) in [6.07, 6.45) is 25.1. The summed E-state index contributed by atoms with van der Waals surface area (Å²) < 4.78 is 0. The van der Waals surface area contributed by atoms with Crippen LogP contribution in [0.15, 0.2) is 191 Å². The van der Waals surface area contributed by atoms with Crippen molar-refractivity contribution in [2.45, 2.75) is 50.2 Å². The van der Waals surface area contributed by atoms with Gasteiger partial charge >= 0.3 is 0 Å². The number of rotatable bonds is 28. The number of carbonyl (C=O) groups excluding carboxylic acids is 4. The van der Waals surface area contributed by atoms with Gasteiger partial charge in [-0.3, -0.25) is 58.7 Å². The number of pyridine rings is 4. The Balaban J connectivity index is 1.11. The molecule has 20 heteroatoms.